The van der Waals surface area contributed by atoms with Crippen molar-refractivity contribution in [2.24, 2.45) is 0 Å². The molecule has 0 amide bonds. The second-order valence-electron chi connectivity index (χ2n) is 1.74. The van der Waals surface area contributed by atoms with E-state index >= 15 is 0 Å². The second kappa shape index (κ2) is 3.15. The van der Waals surface area contributed by atoms with E-state index in [1.54, 1.807) is 6.92 Å². The highest BCUT2D eigenvalue weighted by molar-refractivity contribution is 5.19. The van der Waals surface area contributed by atoms with Crippen LogP contribution in [0.5, 0.6) is 5.75 Å². The van der Waals surface area contributed by atoms with Crippen LogP contribution in [0.15, 0.2) is 18.5 Å². The zero-order chi connectivity index (χ0) is 7.40. The zero-order valence-corrected chi connectivity index (χ0v) is 5.67. The second-order valence-corrected chi connectivity index (χ2v) is 1.74. The van der Waals surface area contributed by atoms with Gasteiger partial charge in [0, 0.05) is 12.3 Å². The number of hydrogen-bond acceptors (Lipinski definition) is 2. The van der Waals surface area contributed by atoms with Crippen LogP contribution in [-0.2, 0) is 0 Å². The molecule has 0 aromatic carbocycles. The van der Waals surface area contributed by atoms with Crippen LogP contribution < -0.4 is 4.74 Å². The fourth-order valence-electron chi connectivity index (χ4n) is 0.635. The van der Waals surface area contributed by atoms with Gasteiger partial charge in [0.1, 0.15) is 0 Å². The molecule has 0 saturated carbocycles. The van der Waals surface area contributed by atoms with Gasteiger partial charge in [0.2, 0.25) is 0 Å². The van der Waals surface area contributed by atoms with Crippen molar-refractivity contribution in [2.75, 3.05) is 6.61 Å². The van der Waals surface area contributed by atoms with E-state index in [-0.39, 0.29) is 5.75 Å². The molecule has 0 aliphatic heterocycles. The third-order valence-corrected chi connectivity index (χ3v) is 1.04. The number of ether oxygens (including phenoxy) is 1. The summed E-state index contributed by atoms with van der Waals surface area (Å²) in [5, 5.41) is 0. The van der Waals surface area contributed by atoms with Gasteiger partial charge in [-0.15, -0.1) is 0 Å². The molecule has 1 aromatic rings. The Kier molecular flexibility index (Phi) is 2.20. The normalized spacial score (nSPS) is 9.40. The number of halogens is 1. The minimum atomic E-state index is -0.413. The van der Waals surface area contributed by atoms with Gasteiger partial charge in [0.15, 0.2) is 11.6 Å². The molecule has 1 rings (SSSR count). The first-order valence-corrected chi connectivity index (χ1v) is 3.07. The molecule has 10 heavy (non-hydrogen) atoms. The molecule has 0 radical (unpaired) electrons. The maximum absolute atomic E-state index is 12.6. The molecule has 0 bridgehead atoms. The van der Waals surface area contributed by atoms with Crippen LogP contribution in [0, 0.1) is 5.82 Å². The van der Waals surface area contributed by atoms with E-state index in [2.05, 4.69) is 4.98 Å². The lowest BCUT2D eigenvalue weighted by Crippen LogP contribution is -1.94. The third-order valence-electron chi connectivity index (χ3n) is 1.04. The third kappa shape index (κ3) is 1.43. The predicted octanol–water partition coefficient (Wildman–Crippen LogP) is 1.62. The fraction of sp³-hybridized carbons (Fsp3) is 0.286. The Morgan fingerprint density at radius 3 is 3.10 bits per heavy atom. The molecule has 0 N–H and O–H groups in total. The summed E-state index contributed by atoms with van der Waals surface area (Å²) in [6.45, 7) is 2.28. The van der Waals surface area contributed by atoms with E-state index in [0.29, 0.717) is 6.61 Å². The Morgan fingerprint density at radius 2 is 2.50 bits per heavy atom. The first-order valence-electron chi connectivity index (χ1n) is 3.07. The molecule has 54 valence electrons. The Hall–Kier alpha value is -1.12. The Labute approximate surface area is 58.7 Å². The van der Waals surface area contributed by atoms with Crippen LogP contribution >= 0.6 is 0 Å². The summed E-state index contributed by atoms with van der Waals surface area (Å²) in [6.07, 6.45) is 2.62. The average Bonchev–Trinajstić information content (AvgIpc) is 1.94. The first kappa shape index (κ1) is 6.99. The van der Waals surface area contributed by atoms with E-state index in [1.165, 1.54) is 12.3 Å². The van der Waals surface area contributed by atoms with E-state index in [4.69, 9.17) is 4.74 Å². The molecular weight excluding hydrogens is 133 g/mol. The van der Waals surface area contributed by atoms with Crippen LogP contribution in [-0.4, -0.2) is 11.6 Å². The number of hydrogen-bond donors (Lipinski definition) is 0. The molecule has 0 atom stereocenters. The highest BCUT2D eigenvalue weighted by atomic mass is 19.1. The molecule has 0 aliphatic rings. The van der Waals surface area contributed by atoms with Crippen LogP contribution in [0.3, 0.4) is 0 Å². The summed E-state index contributed by atoms with van der Waals surface area (Å²) < 4.78 is 17.5. The maximum atomic E-state index is 12.6. The van der Waals surface area contributed by atoms with Crippen molar-refractivity contribution < 1.29 is 9.13 Å². The molecule has 0 unspecified atom stereocenters. The van der Waals surface area contributed by atoms with Crippen molar-refractivity contribution in [1.29, 1.82) is 0 Å². The highest BCUT2D eigenvalue weighted by Gasteiger charge is 1.98. The summed E-state index contributed by atoms with van der Waals surface area (Å²) in [6, 6.07) is 1.50. The molecule has 0 spiro atoms. The molecule has 0 fully saturated rings. The van der Waals surface area contributed by atoms with Gasteiger partial charge in [-0.1, -0.05) is 0 Å². The number of nitrogens with zero attached hydrogens (tertiary/aromatic N) is 1. The van der Waals surface area contributed by atoms with Crippen molar-refractivity contribution in [3.8, 4) is 5.75 Å². The monoisotopic (exact) mass is 141 g/mol. The lowest BCUT2D eigenvalue weighted by Gasteiger charge is -2.01. The van der Waals surface area contributed by atoms with Crippen LogP contribution in [0.2, 0.25) is 0 Å². The largest absolute Gasteiger partial charge is 0.491 e. The summed E-state index contributed by atoms with van der Waals surface area (Å²) in [4.78, 5) is 3.57. The Balaban J connectivity index is 2.81. The van der Waals surface area contributed by atoms with E-state index in [1.807, 2.05) is 0 Å². The lowest BCUT2D eigenvalue weighted by molar-refractivity contribution is 0.320. The predicted molar refractivity (Wildman–Crippen MR) is 35.4 cm³/mol. The molecule has 0 aliphatic carbocycles. The van der Waals surface area contributed by atoms with E-state index in [9.17, 15) is 4.39 Å². The van der Waals surface area contributed by atoms with Gasteiger partial charge < -0.3 is 4.74 Å². The van der Waals surface area contributed by atoms with E-state index in [0.717, 1.165) is 6.20 Å². The molecule has 1 aromatic heterocycles. The van der Waals surface area contributed by atoms with Crippen molar-refractivity contribution in [1.82, 2.24) is 4.98 Å². The molecular formula is C7H8FNO. The summed E-state index contributed by atoms with van der Waals surface area (Å²) in [7, 11) is 0. The molecule has 0 saturated heterocycles. The van der Waals surface area contributed by atoms with Gasteiger partial charge in [0.05, 0.1) is 12.8 Å². The molecule has 1 heterocycles. The highest BCUT2D eigenvalue weighted by Crippen LogP contribution is 2.12. The van der Waals surface area contributed by atoms with Gasteiger partial charge in [-0.3, -0.25) is 4.98 Å². The minimum absolute atomic E-state index is 0.262. The number of aromatic nitrogens is 1. The van der Waals surface area contributed by atoms with Gasteiger partial charge in [-0.05, 0) is 6.92 Å². The zero-order valence-electron chi connectivity index (χ0n) is 5.67. The van der Waals surface area contributed by atoms with Gasteiger partial charge in [-0.25, -0.2) is 4.39 Å². The van der Waals surface area contributed by atoms with Crippen molar-refractivity contribution in [3.63, 3.8) is 0 Å². The smallest absolute Gasteiger partial charge is 0.183 e. The van der Waals surface area contributed by atoms with Crippen molar-refractivity contribution in [3.05, 3.63) is 24.3 Å². The summed E-state index contributed by atoms with van der Waals surface area (Å²) in [5.74, 6) is -0.151. The lowest BCUT2D eigenvalue weighted by atomic mass is 10.4. The SMILES string of the molecule is CCOc1ccncc1F. The van der Waals surface area contributed by atoms with Crippen LogP contribution in [0.1, 0.15) is 6.92 Å². The van der Waals surface area contributed by atoms with Crippen molar-refractivity contribution in [2.45, 2.75) is 6.92 Å². The first-order chi connectivity index (χ1) is 4.84. The average molecular weight is 141 g/mol. The topological polar surface area (TPSA) is 22.1 Å². The minimum Gasteiger partial charge on any atom is -0.491 e. The summed E-state index contributed by atoms with van der Waals surface area (Å²) >= 11 is 0. The van der Waals surface area contributed by atoms with Crippen molar-refractivity contribution >= 4 is 0 Å². The van der Waals surface area contributed by atoms with Crippen LogP contribution in [0.25, 0.3) is 0 Å². The summed E-state index contributed by atoms with van der Waals surface area (Å²) in [5.41, 5.74) is 0. The quantitative estimate of drug-likeness (QED) is 0.624. The molecule has 2 nitrogen and oxygen atoms in total. The van der Waals surface area contributed by atoms with Crippen LogP contribution in [0.4, 0.5) is 4.39 Å². The Morgan fingerprint density at radius 1 is 1.70 bits per heavy atom. The molecule has 3 heteroatoms. The van der Waals surface area contributed by atoms with Gasteiger partial charge in [0.25, 0.3) is 0 Å². The standard InChI is InChI=1S/C7H8FNO/c1-2-10-7-3-4-9-5-6(7)8/h3-5H,2H2,1H3. The maximum Gasteiger partial charge on any atom is 0.183 e. The number of pyridine rings is 1. The fourth-order valence-corrected chi connectivity index (χ4v) is 0.635. The Bertz CT molecular complexity index is 215. The van der Waals surface area contributed by atoms with Gasteiger partial charge in [-0.2, -0.15) is 0 Å². The van der Waals surface area contributed by atoms with Gasteiger partial charge >= 0.3 is 0 Å². The number of rotatable bonds is 2. The van der Waals surface area contributed by atoms with E-state index < -0.39 is 5.82 Å².